The molecule has 30 heteroatoms. The second-order valence-electron chi connectivity index (χ2n) is 27.4. The number of aromatic nitrogens is 1. The summed E-state index contributed by atoms with van der Waals surface area (Å²) in [5.74, 6) is -14.6. The van der Waals surface area contributed by atoms with E-state index < -0.39 is 213 Å². The minimum atomic E-state index is -1.95. The van der Waals surface area contributed by atoms with Crippen LogP contribution in [0.3, 0.4) is 0 Å². The van der Waals surface area contributed by atoms with Gasteiger partial charge in [-0.2, -0.15) is 0 Å². The number of hydrogen-bond donors (Lipinski definition) is 5. The minimum Gasteiger partial charge on any atom is -0.458 e. The highest BCUT2D eigenvalue weighted by atomic mass is 16.6. The molecule has 0 bridgehead atoms. The largest absolute Gasteiger partial charge is 0.458 e. The molecular formula is C69H90N12O18. The molecule has 2 aromatic rings. The predicted molar refractivity (Wildman–Crippen MR) is 357 cm³/mol. The maximum Gasteiger partial charge on any atom is 0.343 e. The van der Waals surface area contributed by atoms with Gasteiger partial charge >= 0.3 is 17.9 Å². The van der Waals surface area contributed by atoms with Crippen LogP contribution in [0.2, 0.25) is 0 Å². The van der Waals surface area contributed by atoms with Crippen LogP contribution in [0.4, 0.5) is 5.69 Å². The van der Waals surface area contributed by atoms with Crippen LogP contribution in [-0.2, 0) is 57.4 Å². The number of likely N-dealkylation sites (N-methyl/N-ethyl adjacent to an activating group) is 4. The number of anilines is 1. The van der Waals surface area contributed by atoms with Gasteiger partial charge < -0.3 is 75.0 Å². The van der Waals surface area contributed by atoms with Crippen molar-refractivity contribution in [2.75, 3.05) is 60.1 Å². The van der Waals surface area contributed by atoms with Gasteiger partial charge in [-0.3, -0.25) is 52.7 Å². The summed E-state index contributed by atoms with van der Waals surface area (Å²) in [6.45, 7) is 17.7. The van der Waals surface area contributed by atoms with Gasteiger partial charge in [0.2, 0.25) is 52.7 Å². The van der Waals surface area contributed by atoms with Crippen LogP contribution in [0, 0.1) is 37.5 Å². The number of benzene rings is 3. The number of nitrogen functional groups attached to an aromatic ring is 1. The molecule has 99 heavy (non-hydrogen) atoms. The molecule has 1 aliphatic carbocycles. The average Bonchev–Trinajstić information content (AvgIpc) is 1.38. The Hall–Kier alpha value is -10.0. The summed E-state index contributed by atoms with van der Waals surface area (Å²) in [7, 11) is 5.51. The van der Waals surface area contributed by atoms with Crippen molar-refractivity contribution in [3.63, 3.8) is 0 Å². The first-order valence-corrected chi connectivity index (χ1v) is 33.2. The lowest BCUT2D eigenvalue weighted by Gasteiger charge is -2.36. The first-order valence-electron chi connectivity index (χ1n) is 33.2. The van der Waals surface area contributed by atoms with Crippen molar-refractivity contribution in [1.82, 2.24) is 55.7 Å². The van der Waals surface area contributed by atoms with Gasteiger partial charge in [0.15, 0.2) is 11.3 Å². The number of nitrogens with zero attached hydrogens (tertiary/aromatic N) is 7. The molecule has 10 atom stereocenters. The van der Waals surface area contributed by atoms with Crippen LogP contribution in [0.25, 0.3) is 22.6 Å². The molecule has 0 saturated carbocycles. The van der Waals surface area contributed by atoms with Crippen LogP contribution in [0.5, 0.6) is 5.75 Å². The fourth-order valence-corrected chi connectivity index (χ4v) is 13.2. The second kappa shape index (κ2) is 30.4. The topological polar surface area (TPSA) is 386 Å². The number of hydrogen-bond acceptors (Lipinski definition) is 20. The van der Waals surface area contributed by atoms with Crippen molar-refractivity contribution in [1.29, 1.82) is 0 Å². The van der Waals surface area contributed by atoms with E-state index in [9.17, 15) is 47.9 Å². The van der Waals surface area contributed by atoms with Crippen LogP contribution < -0.4 is 37.2 Å². The molecule has 0 spiro atoms. The van der Waals surface area contributed by atoms with Crippen molar-refractivity contribution in [2.24, 2.45) is 23.7 Å². The molecular weight excluding hydrogens is 1280 g/mol. The van der Waals surface area contributed by atoms with Gasteiger partial charge in [-0.1, -0.05) is 73.6 Å². The molecule has 5 aliphatic heterocycles. The van der Waals surface area contributed by atoms with Crippen molar-refractivity contribution >= 4 is 93.8 Å². The zero-order valence-corrected chi connectivity index (χ0v) is 58.8. The van der Waals surface area contributed by atoms with E-state index in [1.165, 1.54) is 87.6 Å². The third-order valence-corrected chi connectivity index (χ3v) is 18.9. The molecule has 6 N–H and O–H groups in total. The first-order chi connectivity index (χ1) is 46.5. The summed E-state index contributed by atoms with van der Waals surface area (Å²) in [4.78, 5) is 216. The van der Waals surface area contributed by atoms with Gasteiger partial charge in [0, 0.05) is 52.4 Å². The Labute approximate surface area is 573 Å². The van der Waals surface area contributed by atoms with Crippen molar-refractivity contribution < 1.29 is 81.0 Å². The van der Waals surface area contributed by atoms with E-state index in [1.54, 1.807) is 73.6 Å². The van der Waals surface area contributed by atoms with Crippen molar-refractivity contribution in [3.05, 3.63) is 74.4 Å². The number of fused-ring (bicyclic) bond motifs is 4. The lowest BCUT2D eigenvalue weighted by molar-refractivity contribution is -0.163. The highest BCUT2D eigenvalue weighted by molar-refractivity contribution is 6.11. The highest BCUT2D eigenvalue weighted by Gasteiger charge is 2.47. The van der Waals surface area contributed by atoms with Gasteiger partial charge in [-0.25, -0.2) is 19.4 Å². The minimum absolute atomic E-state index is 0.00229. The van der Waals surface area contributed by atoms with Crippen LogP contribution in [-0.4, -0.2) is 226 Å². The molecule has 0 aromatic heterocycles. The maximum absolute atomic E-state index is 15.6. The van der Waals surface area contributed by atoms with Crippen molar-refractivity contribution in [3.8, 4) is 17.2 Å². The average molecular weight is 1380 g/mol. The zero-order chi connectivity index (χ0) is 73.2. The smallest absolute Gasteiger partial charge is 0.343 e. The van der Waals surface area contributed by atoms with E-state index in [-0.39, 0.29) is 54.0 Å². The fourth-order valence-electron chi connectivity index (χ4n) is 13.2. The molecule has 4 fully saturated rings. The number of nitrogens with two attached hydrogens (primary N) is 1. The molecule has 10 amide bonds. The van der Waals surface area contributed by atoms with E-state index >= 15 is 19.2 Å². The third-order valence-electron chi connectivity index (χ3n) is 18.9. The number of carbonyl (C=O) groups is 13. The standard InChI is InChI=1S/C69H90N12O18/c1-31(2)48-65(91)80-26-20-24-41(80)63(89)76(13)29-44(82)78(15)54(33(5)6)68(94)96-37(11)50(61(87)72-48)74-59(85)40-28-43(98-67(93)39-22-18-17-19-23-39)35(9)57-52(40)71-53-46(47(70)56(84)36(10)58(53)99-57)60(86)75-51-38(12)97-69(95)55(34(7)8)79(16)45(83)30-77(14)64(90)42-25-21-27-81(42)66(92)49(32(3)4)73-62(51)88/h17-19,22-23,28,31-34,37-38,41-42,48-51,54-55H,20-21,24-27,29-30,70H2,1-16H3,(H,72,87)(H,73,88)(H,74,85)(H,75,86)/t37-,38+,41-,42+,48-,49+,50+,51-,54+,55-/m1/s1. The SMILES string of the molecule is Cc1c2oc3c(C)c(OC(=O)c4ccccc4)cc(C(=O)N[C@@H]4C(=O)N[C@H](C(C)C)C(=O)N5CCC[C@@H]5C(=O)N(C)CC(=O)N(C)[C@@H](C(C)C)C(=O)O[C@@H]4C)c3nc-2c(C(=O)N[C@H]2C(=O)N[C@@H](C(C)C)C(=O)N3CCC[C@H]3C(=O)N(C)CC(=O)N(C)[C@H](C(C)C)C(=O)O[C@H]2C)c(N)c1=O. The number of rotatable bonds is 10. The summed E-state index contributed by atoms with van der Waals surface area (Å²) >= 11 is 0. The highest BCUT2D eigenvalue weighted by Crippen LogP contribution is 2.38. The third kappa shape index (κ3) is 15.3. The summed E-state index contributed by atoms with van der Waals surface area (Å²) in [6, 6.07) is -2.42. The summed E-state index contributed by atoms with van der Waals surface area (Å²) in [5, 5.41) is 10.6. The molecule has 5 heterocycles. The molecule has 30 nitrogen and oxygen atoms in total. The monoisotopic (exact) mass is 1370 g/mol. The molecule has 6 aliphatic rings. The number of ether oxygens (including phenoxy) is 3. The molecule has 534 valence electrons. The van der Waals surface area contributed by atoms with Gasteiger partial charge in [-0.05, 0) is 95.2 Å². The molecule has 0 unspecified atom stereocenters. The van der Waals surface area contributed by atoms with Gasteiger partial charge in [0.05, 0.1) is 35.5 Å². The Bertz CT molecular complexity index is 3930. The van der Waals surface area contributed by atoms with Gasteiger partial charge in [0.1, 0.15) is 77.5 Å². The number of cyclic esters (lactones) is 2. The fraction of sp³-hybridized carbons (Fsp3) is 0.551. The van der Waals surface area contributed by atoms with E-state index in [1.807, 2.05) is 0 Å². The van der Waals surface area contributed by atoms with Crippen LogP contribution >= 0.6 is 0 Å². The summed E-state index contributed by atoms with van der Waals surface area (Å²) < 4.78 is 24.5. The summed E-state index contributed by atoms with van der Waals surface area (Å²) in [6.07, 6.45) is -1.95. The number of carbonyl (C=O) groups excluding carboxylic acids is 13. The number of aryl methyl sites for hydroxylation is 1. The van der Waals surface area contributed by atoms with E-state index in [0.29, 0.717) is 12.8 Å². The number of amides is 10. The van der Waals surface area contributed by atoms with Gasteiger partial charge in [0.25, 0.3) is 11.8 Å². The quantitative estimate of drug-likeness (QED) is 0.0655. The molecule has 0 radical (unpaired) electrons. The molecule has 8 rings (SSSR count). The van der Waals surface area contributed by atoms with Crippen LogP contribution in [0.15, 0.2) is 45.6 Å². The zero-order valence-electron chi connectivity index (χ0n) is 58.8. The van der Waals surface area contributed by atoms with Gasteiger partial charge in [-0.15, -0.1) is 0 Å². The number of esters is 3. The second-order valence-corrected chi connectivity index (χ2v) is 27.4. The Morgan fingerprint density at radius 3 is 1.49 bits per heavy atom. The maximum atomic E-state index is 15.6. The Kier molecular flexibility index (Phi) is 22.9. The first kappa shape index (κ1) is 74.8. The predicted octanol–water partition coefficient (Wildman–Crippen LogP) is 1.94. The Balaban J connectivity index is 1.28. The van der Waals surface area contributed by atoms with Crippen molar-refractivity contribution in [2.45, 2.75) is 169 Å². The lowest BCUT2D eigenvalue weighted by atomic mass is 9.98. The Morgan fingerprint density at radius 2 is 1.06 bits per heavy atom. The number of nitrogens with one attached hydrogen (secondary N) is 4. The van der Waals surface area contributed by atoms with E-state index in [2.05, 4.69) is 21.3 Å². The van der Waals surface area contributed by atoms with E-state index in [0.717, 1.165) is 15.9 Å². The lowest BCUT2D eigenvalue weighted by Crippen LogP contribution is -2.61. The molecule has 4 saturated heterocycles. The Morgan fingerprint density at radius 1 is 0.616 bits per heavy atom. The van der Waals surface area contributed by atoms with Crippen LogP contribution in [0.1, 0.15) is 137 Å². The molecule has 2 aromatic carbocycles. The summed E-state index contributed by atoms with van der Waals surface area (Å²) in [5.41, 5.74) is 2.19. The normalized spacial score (nSPS) is 24.8. The van der Waals surface area contributed by atoms with E-state index in [4.69, 9.17) is 29.3 Å².